The highest BCUT2D eigenvalue weighted by molar-refractivity contribution is 5.80. The molecule has 1 N–H and O–H groups in total. The average molecular weight is 252 g/mol. The van der Waals surface area contributed by atoms with Gasteiger partial charge < -0.3 is 5.11 Å². The van der Waals surface area contributed by atoms with Gasteiger partial charge in [-0.1, -0.05) is 12.8 Å². The van der Waals surface area contributed by atoms with Crippen molar-refractivity contribution in [2.75, 3.05) is 26.2 Å². The van der Waals surface area contributed by atoms with Crippen LogP contribution in [-0.2, 0) is 4.79 Å². The van der Waals surface area contributed by atoms with Crippen molar-refractivity contribution >= 4 is 5.97 Å². The number of carbonyl (C=O) groups is 1. The summed E-state index contributed by atoms with van der Waals surface area (Å²) in [5.41, 5.74) is -0.569. The molecular weight excluding hydrogens is 228 g/mol. The van der Waals surface area contributed by atoms with Crippen LogP contribution in [0.15, 0.2) is 0 Å². The van der Waals surface area contributed by atoms with Crippen molar-refractivity contribution in [1.29, 1.82) is 0 Å². The molecule has 2 unspecified atom stereocenters. The number of carboxylic acid groups (broad SMARTS) is 1. The molecule has 3 aliphatic rings. The number of nitrogens with zero attached hydrogens (tertiary/aromatic N) is 2. The molecule has 3 heterocycles. The summed E-state index contributed by atoms with van der Waals surface area (Å²) in [6, 6.07) is 0.266. The number of piperidine rings is 2. The lowest BCUT2D eigenvalue weighted by atomic mass is 9.82. The quantitative estimate of drug-likeness (QED) is 0.810. The first-order chi connectivity index (χ1) is 8.75. The Labute approximate surface area is 109 Å². The van der Waals surface area contributed by atoms with Gasteiger partial charge in [0.05, 0.1) is 0 Å². The van der Waals surface area contributed by atoms with Crippen LogP contribution < -0.4 is 0 Å². The highest BCUT2D eigenvalue weighted by Crippen LogP contribution is 2.40. The maximum Gasteiger partial charge on any atom is 0.325 e. The highest BCUT2D eigenvalue weighted by Gasteiger charge is 2.56. The molecule has 4 nitrogen and oxygen atoms in total. The molecular formula is C14H24N2O2. The Morgan fingerprint density at radius 3 is 2.44 bits per heavy atom. The predicted octanol–water partition coefficient (Wildman–Crippen LogP) is 1.55. The number of fused-ring (bicyclic) bond motifs is 1. The summed E-state index contributed by atoms with van der Waals surface area (Å²) >= 11 is 0. The molecule has 0 saturated carbocycles. The standard InChI is InChI=1S/C14H24N2O2/c17-13(18)14(16-9-3-1-4-10-16)7-11-15-8-5-2-6-12(14)15/h12H,1-11H2,(H,17,18). The van der Waals surface area contributed by atoms with Crippen LogP contribution in [0.2, 0.25) is 0 Å². The van der Waals surface area contributed by atoms with Gasteiger partial charge in [-0.15, -0.1) is 0 Å². The number of rotatable bonds is 2. The van der Waals surface area contributed by atoms with Crippen molar-refractivity contribution < 1.29 is 9.90 Å². The lowest BCUT2D eigenvalue weighted by Crippen LogP contribution is -2.63. The minimum atomic E-state index is -0.571. The van der Waals surface area contributed by atoms with E-state index in [9.17, 15) is 9.90 Å². The first-order valence-electron chi connectivity index (χ1n) is 7.47. The molecule has 0 aromatic heterocycles. The van der Waals surface area contributed by atoms with Crippen LogP contribution in [0.3, 0.4) is 0 Å². The van der Waals surface area contributed by atoms with Crippen LogP contribution >= 0.6 is 0 Å². The Hall–Kier alpha value is -0.610. The number of hydrogen-bond acceptors (Lipinski definition) is 3. The van der Waals surface area contributed by atoms with Crippen molar-refractivity contribution in [2.24, 2.45) is 0 Å². The fourth-order valence-electron chi connectivity index (χ4n) is 4.33. The fourth-order valence-corrected chi connectivity index (χ4v) is 4.33. The molecule has 18 heavy (non-hydrogen) atoms. The molecule has 3 aliphatic heterocycles. The maximum atomic E-state index is 12.0. The molecule has 3 saturated heterocycles. The van der Waals surface area contributed by atoms with E-state index in [2.05, 4.69) is 9.80 Å². The summed E-state index contributed by atoms with van der Waals surface area (Å²) in [4.78, 5) is 16.7. The zero-order chi connectivity index (χ0) is 12.6. The van der Waals surface area contributed by atoms with Gasteiger partial charge in [0.1, 0.15) is 5.54 Å². The number of hydrogen-bond donors (Lipinski definition) is 1. The van der Waals surface area contributed by atoms with E-state index in [0.29, 0.717) is 0 Å². The van der Waals surface area contributed by atoms with Gasteiger partial charge >= 0.3 is 5.97 Å². The molecule has 4 heteroatoms. The van der Waals surface area contributed by atoms with Crippen molar-refractivity contribution in [3.05, 3.63) is 0 Å². The lowest BCUT2D eigenvalue weighted by Gasteiger charge is -2.46. The molecule has 0 spiro atoms. The lowest BCUT2D eigenvalue weighted by molar-refractivity contribution is -0.155. The van der Waals surface area contributed by atoms with E-state index in [1.54, 1.807) is 0 Å². The Bertz CT molecular complexity index is 328. The Kier molecular flexibility index (Phi) is 3.32. The topological polar surface area (TPSA) is 43.8 Å². The predicted molar refractivity (Wildman–Crippen MR) is 69.6 cm³/mol. The van der Waals surface area contributed by atoms with Crippen molar-refractivity contribution in [3.8, 4) is 0 Å². The molecule has 0 radical (unpaired) electrons. The van der Waals surface area contributed by atoms with Crippen LogP contribution in [0, 0.1) is 0 Å². The second-order valence-electron chi connectivity index (χ2n) is 6.07. The Morgan fingerprint density at radius 2 is 1.72 bits per heavy atom. The van der Waals surface area contributed by atoms with Crippen molar-refractivity contribution in [1.82, 2.24) is 9.80 Å². The second kappa shape index (κ2) is 4.82. The van der Waals surface area contributed by atoms with Crippen LogP contribution in [-0.4, -0.2) is 58.6 Å². The van der Waals surface area contributed by atoms with E-state index in [0.717, 1.165) is 39.0 Å². The second-order valence-corrected chi connectivity index (χ2v) is 6.07. The van der Waals surface area contributed by atoms with Gasteiger partial charge in [-0.05, 0) is 51.7 Å². The smallest absolute Gasteiger partial charge is 0.325 e. The van der Waals surface area contributed by atoms with Crippen LogP contribution in [0.25, 0.3) is 0 Å². The largest absolute Gasteiger partial charge is 0.480 e. The summed E-state index contributed by atoms with van der Waals surface area (Å²) < 4.78 is 0. The van der Waals surface area contributed by atoms with E-state index in [1.165, 1.54) is 32.1 Å². The normalized spacial score (nSPS) is 38.6. The van der Waals surface area contributed by atoms with Crippen molar-refractivity contribution in [3.63, 3.8) is 0 Å². The van der Waals surface area contributed by atoms with Gasteiger partial charge in [0.25, 0.3) is 0 Å². The zero-order valence-corrected chi connectivity index (χ0v) is 11.1. The molecule has 0 aliphatic carbocycles. The molecule has 2 atom stereocenters. The Balaban J connectivity index is 1.88. The average Bonchev–Trinajstić information content (AvgIpc) is 2.80. The van der Waals surface area contributed by atoms with E-state index in [4.69, 9.17) is 0 Å². The minimum absolute atomic E-state index is 0.266. The van der Waals surface area contributed by atoms with Crippen molar-refractivity contribution in [2.45, 2.75) is 56.5 Å². The number of likely N-dealkylation sites (tertiary alicyclic amines) is 1. The molecule has 0 amide bonds. The number of aliphatic carboxylic acids is 1. The van der Waals surface area contributed by atoms with Crippen LogP contribution in [0.5, 0.6) is 0 Å². The van der Waals surface area contributed by atoms with Gasteiger partial charge in [0.2, 0.25) is 0 Å². The summed E-state index contributed by atoms with van der Waals surface area (Å²) in [6.45, 7) is 4.05. The first kappa shape index (κ1) is 12.4. The Morgan fingerprint density at radius 1 is 1.00 bits per heavy atom. The molecule has 3 fully saturated rings. The molecule has 0 bridgehead atoms. The van der Waals surface area contributed by atoms with Crippen LogP contribution in [0.1, 0.15) is 44.9 Å². The van der Waals surface area contributed by atoms with Gasteiger partial charge in [0, 0.05) is 12.6 Å². The maximum absolute atomic E-state index is 12.0. The number of carboxylic acids is 1. The van der Waals surface area contributed by atoms with E-state index in [1.807, 2.05) is 0 Å². The summed E-state index contributed by atoms with van der Waals surface area (Å²) in [5.74, 6) is -0.571. The third kappa shape index (κ3) is 1.77. The third-order valence-corrected chi connectivity index (χ3v) is 5.24. The van der Waals surface area contributed by atoms with Crippen LogP contribution in [0.4, 0.5) is 0 Å². The first-order valence-corrected chi connectivity index (χ1v) is 7.47. The minimum Gasteiger partial charge on any atom is -0.480 e. The van der Waals surface area contributed by atoms with Gasteiger partial charge in [-0.3, -0.25) is 14.6 Å². The molecule has 0 aromatic rings. The monoisotopic (exact) mass is 252 g/mol. The van der Waals surface area contributed by atoms with E-state index < -0.39 is 11.5 Å². The van der Waals surface area contributed by atoms with Gasteiger partial charge in [-0.25, -0.2) is 0 Å². The zero-order valence-electron chi connectivity index (χ0n) is 11.1. The van der Waals surface area contributed by atoms with E-state index in [-0.39, 0.29) is 6.04 Å². The summed E-state index contributed by atoms with van der Waals surface area (Å²) in [5, 5.41) is 9.89. The SMILES string of the molecule is O=C(O)C1(N2CCCCC2)CCN2CCCCC21. The van der Waals surface area contributed by atoms with Gasteiger partial charge in [0.15, 0.2) is 0 Å². The molecule has 0 aromatic carbocycles. The summed E-state index contributed by atoms with van der Waals surface area (Å²) in [6.07, 6.45) is 7.94. The fraction of sp³-hybridized carbons (Fsp3) is 0.929. The van der Waals surface area contributed by atoms with Gasteiger partial charge in [-0.2, -0.15) is 0 Å². The highest BCUT2D eigenvalue weighted by atomic mass is 16.4. The van der Waals surface area contributed by atoms with E-state index >= 15 is 0 Å². The molecule has 3 rings (SSSR count). The summed E-state index contributed by atoms with van der Waals surface area (Å²) in [7, 11) is 0. The third-order valence-electron chi connectivity index (χ3n) is 5.24. The molecule has 102 valence electrons.